The summed E-state index contributed by atoms with van der Waals surface area (Å²) in [7, 11) is -9.95. The first-order valence-corrected chi connectivity index (χ1v) is 42.5. The van der Waals surface area contributed by atoms with Gasteiger partial charge in [-0.3, -0.25) is 37.3 Å². The molecule has 0 saturated heterocycles. The Labute approximate surface area is 607 Å². The van der Waals surface area contributed by atoms with Gasteiger partial charge in [-0.15, -0.1) is 0 Å². The molecule has 17 nitrogen and oxygen atoms in total. The van der Waals surface area contributed by atoms with Gasteiger partial charge in [-0.1, -0.05) is 292 Å². The number of aliphatic hydroxyl groups is 1. The predicted molar refractivity (Wildman–Crippen MR) is 409 cm³/mol. The molecule has 0 aliphatic carbocycles. The Hall–Kier alpha value is -4.02. The molecule has 3 N–H and O–H groups in total. The monoisotopic (exact) mass is 1450 g/mol. The summed E-state index contributed by atoms with van der Waals surface area (Å²) in [5, 5.41) is 10.6. The maximum absolute atomic E-state index is 13.1. The number of unbranched alkanes of at least 4 members (excludes halogenated alkanes) is 32. The van der Waals surface area contributed by atoms with Gasteiger partial charge in [-0.05, 0) is 116 Å². The van der Waals surface area contributed by atoms with Crippen molar-refractivity contribution in [3.8, 4) is 0 Å². The minimum Gasteiger partial charge on any atom is -0.462 e. The van der Waals surface area contributed by atoms with Crippen LogP contribution in [0.4, 0.5) is 0 Å². The Balaban J connectivity index is 5.33. The van der Waals surface area contributed by atoms with Crippen LogP contribution in [0.3, 0.4) is 0 Å². The minimum atomic E-state index is -4.98. The van der Waals surface area contributed by atoms with Crippen molar-refractivity contribution in [3.05, 3.63) is 97.2 Å². The first kappa shape index (κ1) is 96.0. The number of hydrogen-bond acceptors (Lipinski definition) is 15. The van der Waals surface area contributed by atoms with E-state index in [4.69, 9.17) is 37.0 Å². The highest BCUT2D eigenvalue weighted by Crippen LogP contribution is 2.45. The summed E-state index contributed by atoms with van der Waals surface area (Å²) < 4.78 is 68.6. The molecule has 0 spiro atoms. The van der Waals surface area contributed by atoms with Crippen LogP contribution in [0.5, 0.6) is 0 Å². The van der Waals surface area contributed by atoms with Crippen LogP contribution in [0.1, 0.15) is 336 Å². The molecule has 0 heterocycles. The minimum absolute atomic E-state index is 0.0770. The Bertz CT molecular complexity index is 2270. The van der Waals surface area contributed by atoms with Gasteiger partial charge >= 0.3 is 39.5 Å². The van der Waals surface area contributed by atoms with Gasteiger partial charge in [-0.2, -0.15) is 0 Å². The van der Waals surface area contributed by atoms with Crippen LogP contribution in [0, 0.1) is 0 Å². The molecule has 0 rings (SSSR count). The summed E-state index contributed by atoms with van der Waals surface area (Å²) in [5.41, 5.74) is 0. The Kier molecular flexibility index (Phi) is 70.4. The predicted octanol–water partition coefficient (Wildman–Crippen LogP) is 22.8. The molecule has 0 aromatic carbocycles. The van der Waals surface area contributed by atoms with Gasteiger partial charge in [0.2, 0.25) is 0 Å². The van der Waals surface area contributed by atoms with Gasteiger partial charge < -0.3 is 33.8 Å². The Morgan fingerprint density at radius 2 is 0.540 bits per heavy atom. The third-order valence-electron chi connectivity index (χ3n) is 16.5. The van der Waals surface area contributed by atoms with Crippen LogP contribution in [-0.4, -0.2) is 96.7 Å². The maximum atomic E-state index is 13.1. The largest absolute Gasteiger partial charge is 0.472 e. The quantitative estimate of drug-likeness (QED) is 0.0169. The molecular weight excluding hydrogens is 1310 g/mol. The normalized spacial score (nSPS) is 14.4. The van der Waals surface area contributed by atoms with Crippen LogP contribution < -0.4 is 0 Å². The van der Waals surface area contributed by atoms with Crippen LogP contribution in [0.15, 0.2) is 97.2 Å². The molecular formula is C81H142O17P2. The number of carbonyl (C=O) groups excluding carboxylic acids is 4. The summed E-state index contributed by atoms with van der Waals surface area (Å²) in [6.07, 6.45) is 76.7. The zero-order valence-corrected chi connectivity index (χ0v) is 64.9. The third-order valence-corrected chi connectivity index (χ3v) is 18.4. The molecule has 5 atom stereocenters. The van der Waals surface area contributed by atoms with Crippen LogP contribution in [0.25, 0.3) is 0 Å². The smallest absolute Gasteiger partial charge is 0.462 e. The second-order valence-corrected chi connectivity index (χ2v) is 29.2. The van der Waals surface area contributed by atoms with E-state index in [0.29, 0.717) is 25.7 Å². The molecule has 0 aliphatic heterocycles. The number of allylic oxidation sites excluding steroid dienone is 16. The van der Waals surface area contributed by atoms with Crippen molar-refractivity contribution in [1.82, 2.24) is 0 Å². The number of rotatable bonds is 74. The highest BCUT2D eigenvalue weighted by Gasteiger charge is 2.30. The number of phosphoric acid groups is 2. The van der Waals surface area contributed by atoms with E-state index < -0.39 is 97.5 Å². The molecule has 0 aromatic rings. The number of hydrogen-bond donors (Lipinski definition) is 3. The number of phosphoric ester groups is 2. The first-order chi connectivity index (χ1) is 48.7. The Morgan fingerprint density at radius 1 is 0.290 bits per heavy atom. The van der Waals surface area contributed by atoms with Crippen molar-refractivity contribution in [2.75, 3.05) is 39.6 Å². The van der Waals surface area contributed by atoms with E-state index in [-0.39, 0.29) is 25.7 Å². The van der Waals surface area contributed by atoms with Crippen molar-refractivity contribution in [2.24, 2.45) is 0 Å². The Morgan fingerprint density at radius 3 is 0.840 bits per heavy atom. The molecule has 0 fully saturated rings. The summed E-state index contributed by atoms with van der Waals surface area (Å²) >= 11 is 0. The summed E-state index contributed by atoms with van der Waals surface area (Å²) in [6.45, 7) is 4.59. The molecule has 578 valence electrons. The van der Waals surface area contributed by atoms with E-state index in [1.807, 2.05) is 0 Å². The maximum Gasteiger partial charge on any atom is 0.472 e. The fourth-order valence-electron chi connectivity index (χ4n) is 10.6. The van der Waals surface area contributed by atoms with Crippen molar-refractivity contribution in [2.45, 2.75) is 354 Å². The number of aliphatic hydroxyl groups excluding tert-OH is 1. The molecule has 0 saturated carbocycles. The first-order valence-electron chi connectivity index (χ1n) is 39.5. The number of esters is 4. The van der Waals surface area contributed by atoms with E-state index in [1.54, 1.807) is 0 Å². The molecule has 0 aromatic heterocycles. The molecule has 100 heavy (non-hydrogen) atoms. The second-order valence-electron chi connectivity index (χ2n) is 26.2. The van der Waals surface area contributed by atoms with Crippen molar-refractivity contribution in [1.29, 1.82) is 0 Å². The van der Waals surface area contributed by atoms with E-state index in [9.17, 15) is 43.2 Å². The van der Waals surface area contributed by atoms with Crippen molar-refractivity contribution in [3.63, 3.8) is 0 Å². The lowest BCUT2D eigenvalue weighted by molar-refractivity contribution is -0.161. The van der Waals surface area contributed by atoms with E-state index in [2.05, 4.69) is 125 Å². The second kappa shape index (κ2) is 73.3. The van der Waals surface area contributed by atoms with E-state index >= 15 is 0 Å². The van der Waals surface area contributed by atoms with Gasteiger partial charge in [0.05, 0.1) is 26.4 Å². The highest BCUT2D eigenvalue weighted by atomic mass is 31.2. The zero-order valence-electron chi connectivity index (χ0n) is 63.1. The van der Waals surface area contributed by atoms with Gasteiger partial charge in [0, 0.05) is 25.7 Å². The topological polar surface area (TPSA) is 237 Å². The summed E-state index contributed by atoms with van der Waals surface area (Å²) in [6, 6.07) is 0. The van der Waals surface area contributed by atoms with Crippen LogP contribution in [-0.2, 0) is 65.4 Å². The van der Waals surface area contributed by atoms with Crippen molar-refractivity contribution >= 4 is 39.5 Å². The SMILES string of the molecule is CC/C=C\C/C=C\C/C=C\CCCCCCCCCC(=O)OCC(COP(=O)(O)OCC(O)COP(=O)(O)OCC(COC(=O)CCCCCCCCC/C=C\C/C=C\C/C=C\CC)OC(=O)CCCCCCCCCCCCCCC)OC(=O)CCCCCCC/C=C\C/C=C\CCC. The summed E-state index contributed by atoms with van der Waals surface area (Å²) in [5.74, 6) is -2.19. The van der Waals surface area contributed by atoms with Gasteiger partial charge in [0.15, 0.2) is 12.2 Å². The molecule has 0 aliphatic rings. The number of ether oxygens (including phenoxy) is 4. The molecule has 0 amide bonds. The van der Waals surface area contributed by atoms with Crippen LogP contribution in [0.2, 0.25) is 0 Å². The lowest BCUT2D eigenvalue weighted by Gasteiger charge is -2.21. The van der Waals surface area contributed by atoms with Crippen LogP contribution >= 0.6 is 15.6 Å². The lowest BCUT2D eigenvalue weighted by atomic mass is 10.0. The van der Waals surface area contributed by atoms with Crippen molar-refractivity contribution < 1.29 is 80.2 Å². The fourth-order valence-corrected chi connectivity index (χ4v) is 12.2. The average molecular weight is 1450 g/mol. The van der Waals surface area contributed by atoms with Gasteiger partial charge in [0.1, 0.15) is 19.3 Å². The van der Waals surface area contributed by atoms with Gasteiger partial charge in [-0.25, -0.2) is 9.13 Å². The fraction of sp³-hybridized carbons (Fsp3) is 0.753. The molecule has 0 radical (unpaired) electrons. The molecule has 0 bridgehead atoms. The highest BCUT2D eigenvalue weighted by molar-refractivity contribution is 7.47. The van der Waals surface area contributed by atoms with E-state index in [1.165, 1.54) is 51.4 Å². The zero-order chi connectivity index (χ0) is 73.2. The molecule has 19 heteroatoms. The number of carbonyl (C=O) groups is 4. The lowest BCUT2D eigenvalue weighted by Crippen LogP contribution is -2.30. The molecule has 5 unspecified atom stereocenters. The summed E-state index contributed by atoms with van der Waals surface area (Å²) in [4.78, 5) is 72.9. The average Bonchev–Trinajstić information content (AvgIpc) is 0.943. The standard InChI is InChI=1S/C81H142O17P2/c1-5-9-13-17-21-25-29-33-35-37-39-43-45-49-53-57-61-65-78(83)91-71-76(97-80(85)67-63-59-55-51-47-41-31-27-23-19-15-11-7-3)73-95-99(87,88)93-69-75(82)70-94-100(89,90)96-74-77(98-81(86)68-64-60-56-52-48-42-32-28-24-20-16-12-8-4)72-92-79(84)66-62-58-54-50-46-44-40-38-36-34-30-26-22-18-14-10-6-2/h9-10,13-15,19,21-22,25-27,31,33-36,75-77,82H,5-8,11-12,16-18,20,23-24,28-30,32,37-74H2,1-4H3,(H,87,88)(H,89,90)/b13-9-,14-10-,19-15-,25-21-,26-22-,31-27-,35-33-,36-34-. The van der Waals surface area contributed by atoms with E-state index in [0.717, 1.165) is 205 Å². The third kappa shape index (κ3) is 72.3. The van der Waals surface area contributed by atoms with Gasteiger partial charge in [0.25, 0.3) is 0 Å².